The Morgan fingerprint density at radius 1 is 0.455 bits per heavy atom. The van der Waals surface area contributed by atoms with Gasteiger partial charge in [0.2, 0.25) is 0 Å². The van der Waals surface area contributed by atoms with E-state index in [-0.39, 0.29) is 53.0 Å². The molecule has 206 valence electrons. The van der Waals surface area contributed by atoms with Crippen molar-refractivity contribution < 1.29 is 8.22 Å². The zero-order chi connectivity index (χ0) is 34.3. The number of nitrogens with zero attached hydrogens (tertiary/aromatic N) is 3. The monoisotopic (exact) mass is 603 g/mol. The van der Waals surface area contributed by atoms with Gasteiger partial charge in [0.15, 0.2) is 17.5 Å². The van der Waals surface area contributed by atoms with Gasteiger partial charge in [-0.1, -0.05) is 115 Å². The highest BCUT2D eigenvalue weighted by Gasteiger charge is 2.16. The summed E-state index contributed by atoms with van der Waals surface area (Å²) in [5.41, 5.74) is 2.76. The molecule has 0 saturated carbocycles. The van der Waals surface area contributed by atoms with Crippen molar-refractivity contribution in [2.75, 3.05) is 0 Å². The van der Waals surface area contributed by atoms with Crippen molar-refractivity contribution in [2.24, 2.45) is 0 Å². The van der Waals surface area contributed by atoms with E-state index >= 15 is 0 Å². The molecule has 0 fully saturated rings. The van der Waals surface area contributed by atoms with E-state index in [1.807, 2.05) is 91.0 Å². The first-order chi connectivity index (χ1) is 24.3. The molecule has 0 aliphatic rings. The fourth-order valence-corrected chi connectivity index (χ4v) is 7.76. The first-order valence-corrected chi connectivity index (χ1v) is 15.7. The molecule has 3 heterocycles. The van der Waals surface area contributed by atoms with Crippen LogP contribution in [-0.2, 0) is 0 Å². The normalized spacial score (nSPS) is 13.5. The molecule has 0 saturated heterocycles. The standard InChI is InChI=1S/C39H23N3S2/c1-3-10-24(11-4-1)37-40-38(25-12-5-2-6-13-25)42-39(41-37)27-18-20-30-31-16-9-15-28(36(31)44-35(30)23-27)26-19-21-34-32(22-26)29-14-7-8-17-33(29)43-34/h1-23H/i9D,15D,16D,18D,20D,23D. The summed E-state index contributed by atoms with van der Waals surface area (Å²) in [5.74, 6) is 0.853. The first-order valence-electron chi connectivity index (χ1n) is 17.0. The summed E-state index contributed by atoms with van der Waals surface area (Å²) in [5, 5.41) is 2.70. The third-order valence-electron chi connectivity index (χ3n) is 7.65. The van der Waals surface area contributed by atoms with Crippen molar-refractivity contribution >= 4 is 63.0 Å². The van der Waals surface area contributed by atoms with Crippen LogP contribution in [0.4, 0.5) is 0 Å². The number of thiophene rings is 2. The largest absolute Gasteiger partial charge is 0.208 e. The zero-order valence-corrected chi connectivity index (χ0v) is 24.6. The molecule has 44 heavy (non-hydrogen) atoms. The lowest BCUT2D eigenvalue weighted by Crippen LogP contribution is -1.99. The SMILES string of the molecule is [2H]c1c([2H])c([2H])c2c(sc3c([2H])c(-c4nc(-c5ccccc5)nc(-c5ccccc5)n4)c([2H])c([2H])c32)c1-c1ccc2sc3ccccc3c2c1. The van der Waals surface area contributed by atoms with Crippen LogP contribution in [0.3, 0.4) is 0 Å². The summed E-state index contributed by atoms with van der Waals surface area (Å²) < 4.78 is 57.9. The molecule has 0 unspecified atom stereocenters. The van der Waals surface area contributed by atoms with E-state index in [9.17, 15) is 4.11 Å². The Hall–Kier alpha value is -5.23. The third kappa shape index (κ3) is 4.21. The minimum atomic E-state index is -0.263. The highest BCUT2D eigenvalue weighted by atomic mass is 32.1. The number of aromatic nitrogens is 3. The second-order valence-electron chi connectivity index (χ2n) is 10.4. The maximum atomic E-state index is 9.48. The van der Waals surface area contributed by atoms with Crippen molar-refractivity contribution in [3.05, 3.63) is 139 Å². The lowest BCUT2D eigenvalue weighted by molar-refractivity contribution is 1.07. The van der Waals surface area contributed by atoms with E-state index in [0.29, 0.717) is 32.0 Å². The van der Waals surface area contributed by atoms with Gasteiger partial charge in [-0.25, -0.2) is 15.0 Å². The minimum Gasteiger partial charge on any atom is -0.208 e. The van der Waals surface area contributed by atoms with Crippen LogP contribution in [0.25, 0.3) is 85.6 Å². The first kappa shape index (κ1) is 19.9. The Bertz CT molecular complexity index is 2780. The molecule has 0 spiro atoms. The maximum absolute atomic E-state index is 9.48. The van der Waals surface area contributed by atoms with Crippen molar-refractivity contribution in [2.45, 2.75) is 0 Å². The number of rotatable bonds is 4. The van der Waals surface area contributed by atoms with Crippen LogP contribution in [0.5, 0.6) is 0 Å². The van der Waals surface area contributed by atoms with Crippen LogP contribution >= 0.6 is 22.7 Å². The molecule has 3 aromatic heterocycles. The summed E-state index contributed by atoms with van der Waals surface area (Å²) >= 11 is 2.90. The maximum Gasteiger partial charge on any atom is 0.164 e. The average Bonchev–Trinajstić information content (AvgIpc) is 3.73. The van der Waals surface area contributed by atoms with E-state index in [2.05, 4.69) is 12.1 Å². The average molecular weight is 604 g/mol. The van der Waals surface area contributed by atoms with Gasteiger partial charge in [-0.2, -0.15) is 0 Å². The lowest BCUT2D eigenvalue weighted by atomic mass is 10.0. The van der Waals surface area contributed by atoms with E-state index in [1.165, 1.54) is 11.3 Å². The Labute approximate surface area is 270 Å². The fourth-order valence-electron chi connectivity index (χ4n) is 5.53. The van der Waals surface area contributed by atoms with Crippen molar-refractivity contribution in [1.82, 2.24) is 15.0 Å². The van der Waals surface area contributed by atoms with Crippen LogP contribution in [0.15, 0.2) is 139 Å². The van der Waals surface area contributed by atoms with Crippen molar-refractivity contribution in [1.29, 1.82) is 0 Å². The number of hydrogen-bond acceptors (Lipinski definition) is 5. The van der Waals surface area contributed by atoms with Crippen LogP contribution in [-0.4, -0.2) is 15.0 Å². The Kier molecular flexibility index (Phi) is 4.60. The molecule has 0 N–H and O–H groups in total. The van der Waals surface area contributed by atoms with Gasteiger partial charge < -0.3 is 0 Å². The molecule has 9 aromatic rings. The van der Waals surface area contributed by atoms with Crippen LogP contribution < -0.4 is 0 Å². The molecular weight excluding hydrogens is 575 g/mol. The highest BCUT2D eigenvalue weighted by Crippen LogP contribution is 2.43. The zero-order valence-electron chi connectivity index (χ0n) is 29.0. The van der Waals surface area contributed by atoms with Gasteiger partial charge in [-0.05, 0) is 35.4 Å². The van der Waals surface area contributed by atoms with Crippen LogP contribution in [0, 0.1) is 0 Å². The highest BCUT2D eigenvalue weighted by molar-refractivity contribution is 7.26. The predicted octanol–water partition coefficient (Wildman–Crippen LogP) is 11.3. The Morgan fingerprint density at radius 2 is 1.11 bits per heavy atom. The minimum absolute atomic E-state index is 0.0471. The van der Waals surface area contributed by atoms with Gasteiger partial charge in [-0.3, -0.25) is 0 Å². The third-order valence-corrected chi connectivity index (χ3v) is 9.92. The second kappa shape index (κ2) is 10.2. The molecule has 6 aromatic carbocycles. The molecular formula is C39H23N3S2. The quantitative estimate of drug-likeness (QED) is 0.201. The number of fused-ring (bicyclic) bond motifs is 6. The molecule has 0 atom stereocenters. The summed E-state index contributed by atoms with van der Waals surface area (Å²) in [6.45, 7) is 0. The van der Waals surface area contributed by atoms with Gasteiger partial charge in [0.25, 0.3) is 0 Å². The van der Waals surface area contributed by atoms with Gasteiger partial charge in [0.05, 0.1) is 8.22 Å². The molecule has 0 aliphatic carbocycles. The molecule has 9 rings (SSSR count). The van der Waals surface area contributed by atoms with Gasteiger partial charge >= 0.3 is 0 Å². The molecule has 3 nitrogen and oxygen atoms in total. The van der Waals surface area contributed by atoms with E-state index in [0.717, 1.165) is 36.9 Å². The molecule has 0 amide bonds. The second-order valence-corrected chi connectivity index (χ2v) is 12.5. The topological polar surface area (TPSA) is 38.7 Å². The molecule has 0 aliphatic heterocycles. The molecule has 5 heteroatoms. The number of benzene rings is 6. The lowest BCUT2D eigenvalue weighted by Gasteiger charge is -2.08. The Morgan fingerprint density at radius 3 is 1.86 bits per heavy atom. The Balaban J connectivity index is 1.33. The van der Waals surface area contributed by atoms with E-state index < -0.39 is 0 Å². The summed E-state index contributed by atoms with van der Waals surface area (Å²) in [4.78, 5) is 14.2. The van der Waals surface area contributed by atoms with Gasteiger partial charge in [0, 0.05) is 57.0 Å². The van der Waals surface area contributed by atoms with Gasteiger partial charge in [0.1, 0.15) is 0 Å². The van der Waals surface area contributed by atoms with Gasteiger partial charge in [-0.15, -0.1) is 22.7 Å². The number of hydrogen-bond donors (Lipinski definition) is 0. The van der Waals surface area contributed by atoms with Crippen molar-refractivity contribution in [3.8, 4) is 45.3 Å². The smallest absolute Gasteiger partial charge is 0.164 e. The van der Waals surface area contributed by atoms with Crippen LogP contribution in [0.1, 0.15) is 8.22 Å². The molecule has 0 radical (unpaired) electrons. The van der Waals surface area contributed by atoms with Crippen molar-refractivity contribution in [3.63, 3.8) is 0 Å². The predicted molar refractivity (Wildman–Crippen MR) is 187 cm³/mol. The van der Waals surface area contributed by atoms with E-state index in [1.54, 1.807) is 11.3 Å². The molecule has 0 bridgehead atoms. The summed E-state index contributed by atoms with van der Waals surface area (Å²) in [6, 6.07) is 32.0. The van der Waals surface area contributed by atoms with E-state index in [4.69, 9.17) is 19.1 Å². The summed E-state index contributed by atoms with van der Waals surface area (Å²) in [6.07, 6.45) is 0. The van der Waals surface area contributed by atoms with Crippen LogP contribution in [0.2, 0.25) is 0 Å². The summed E-state index contributed by atoms with van der Waals surface area (Å²) in [7, 11) is 0. The fraction of sp³-hybridized carbons (Fsp3) is 0.